The van der Waals surface area contributed by atoms with Gasteiger partial charge in [-0.25, -0.2) is 9.97 Å². The van der Waals surface area contributed by atoms with Crippen LogP contribution in [0.15, 0.2) is 36.8 Å². The van der Waals surface area contributed by atoms with E-state index in [0.717, 1.165) is 17.7 Å². The topological polar surface area (TPSA) is 30.7 Å². The molecule has 0 fully saturated rings. The summed E-state index contributed by atoms with van der Waals surface area (Å²) in [6, 6.07) is 3.92. The third kappa shape index (κ3) is 1.45. The summed E-state index contributed by atoms with van der Waals surface area (Å²) >= 11 is 0. The molecular formula is C10H10N3. The van der Waals surface area contributed by atoms with Gasteiger partial charge in [0.1, 0.15) is 0 Å². The van der Waals surface area contributed by atoms with Crippen LogP contribution in [0.2, 0.25) is 0 Å². The Bertz CT molecular complexity index is 428. The van der Waals surface area contributed by atoms with E-state index in [1.807, 2.05) is 22.8 Å². The first-order chi connectivity index (χ1) is 6.42. The van der Waals surface area contributed by atoms with Gasteiger partial charge in [-0.2, -0.15) is 0 Å². The van der Waals surface area contributed by atoms with Gasteiger partial charge < -0.3 is 4.57 Å². The first kappa shape index (κ1) is 7.98. The van der Waals surface area contributed by atoms with Crippen LogP contribution < -0.4 is 0 Å². The SMILES string of the molecule is [CH2]C=CCn1cnc2ncccc21. The molecule has 0 N–H and O–H groups in total. The summed E-state index contributed by atoms with van der Waals surface area (Å²) in [6.45, 7) is 4.43. The normalized spacial score (nSPS) is 11.5. The molecule has 2 heterocycles. The Hall–Kier alpha value is -1.64. The minimum absolute atomic E-state index is 0.792. The second-order valence-corrected chi connectivity index (χ2v) is 2.71. The van der Waals surface area contributed by atoms with Crippen molar-refractivity contribution in [3.63, 3.8) is 0 Å². The van der Waals surface area contributed by atoms with Crippen LogP contribution in [-0.4, -0.2) is 14.5 Å². The Balaban J connectivity index is 2.45. The monoisotopic (exact) mass is 172 g/mol. The molecule has 2 aromatic heterocycles. The van der Waals surface area contributed by atoms with E-state index < -0.39 is 0 Å². The molecule has 0 atom stereocenters. The van der Waals surface area contributed by atoms with Crippen molar-refractivity contribution >= 4 is 11.2 Å². The summed E-state index contributed by atoms with van der Waals surface area (Å²) < 4.78 is 2.03. The largest absolute Gasteiger partial charge is 0.325 e. The molecule has 0 saturated heterocycles. The lowest BCUT2D eigenvalue weighted by Crippen LogP contribution is -1.91. The van der Waals surface area contributed by atoms with Gasteiger partial charge in [0.05, 0.1) is 11.8 Å². The van der Waals surface area contributed by atoms with E-state index in [2.05, 4.69) is 16.9 Å². The Kier molecular flexibility index (Phi) is 2.08. The van der Waals surface area contributed by atoms with Crippen LogP contribution in [-0.2, 0) is 6.54 Å². The minimum Gasteiger partial charge on any atom is -0.325 e. The van der Waals surface area contributed by atoms with E-state index >= 15 is 0 Å². The van der Waals surface area contributed by atoms with Gasteiger partial charge in [0.25, 0.3) is 0 Å². The molecule has 0 spiro atoms. The van der Waals surface area contributed by atoms with Gasteiger partial charge in [0.15, 0.2) is 5.65 Å². The maximum atomic E-state index is 4.17. The zero-order chi connectivity index (χ0) is 9.10. The Morgan fingerprint density at radius 3 is 3.23 bits per heavy atom. The number of pyridine rings is 1. The average Bonchev–Trinajstić information content (AvgIpc) is 2.58. The lowest BCUT2D eigenvalue weighted by Gasteiger charge is -1.97. The molecule has 0 aromatic carbocycles. The lowest BCUT2D eigenvalue weighted by molar-refractivity contribution is 0.849. The van der Waals surface area contributed by atoms with E-state index in [4.69, 9.17) is 0 Å². The number of fused-ring (bicyclic) bond motifs is 1. The van der Waals surface area contributed by atoms with Crippen molar-refractivity contribution in [2.45, 2.75) is 6.54 Å². The van der Waals surface area contributed by atoms with Crippen LogP contribution in [0.4, 0.5) is 0 Å². The number of imidazole rings is 1. The molecule has 0 amide bonds. The van der Waals surface area contributed by atoms with Gasteiger partial charge >= 0.3 is 0 Å². The minimum atomic E-state index is 0.792. The fourth-order valence-corrected chi connectivity index (χ4v) is 1.23. The molecule has 1 radical (unpaired) electrons. The first-order valence-corrected chi connectivity index (χ1v) is 4.12. The number of aromatic nitrogens is 3. The van der Waals surface area contributed by atoms with Crippen molar-refractivity contribution in [1.29, 1.82) is 0 Å². The first-order valence-electron chi connectivity index (χ1n) is 4.12. The van der Waals surface area contributed by atoms with Crippen LogP contribution in [0.3, 0.4) is 0 Å². The van der Waals surface area contributed by atoms with E-state index in [0.29, 0.717) is 0 Å². The van der Waals surface area contributed by atoms with Gasteiger partial charge in [-0.15, -0.1) is 0 Å². The van der Waals surface area contributed by atoms with Crippen molar-refractivity contribution in [2.75, 3.05) is 0 Å². The predicted molar refractivity (Wildman–Crippen MR) is 52.0 cm³/mol. The fraction of sp³-hybridized carbons (Fsp3) is 0.100. The highest BCUT2D eigenvalue weighted by Gasteiger charge is 1.99. The van der Waals surface area contributed by atoms with E-state index in [-0.39, 0.29) is 0 Å². The number of rotatable bonds is 2. The number of allylic oxidation sites excluding steroid dienone is 2. The van der Waals surface area contributed by atoms with Crippen molar-refractivity contribution in [1.82, 2.24) is 14.5 Å². The second kappa shape index (κ2) is 3.39. The smallest absolute Gasteiger partial charge is 0.177 e. The fourth-order valence-electron chi connectivity index (χ4n) is 1.23. The number of hydrogen-bond acceptors (Lipinski definition) is 2. The third-order valence-electron chi connectivity index (χ3n) is 1.86. The quantitative estimate of drug-likeness (QED) is 0.691. The molecule has 65 valence electrons. The maximum absolute atomic E-state index is 4.17. The van der Waals surface area contributed by atoms with Gasteiger partial charge in [0, 0.05) is 12.7 Å². The maximum Gasteiger partial charge on any atom is 0.177 e. The highest BCUT2D eigenvalue weighted by atomic mass is 15.1. The molecule has 0 aliphatic carbocycles. The van der Waals surface area contributed by atoms with Crippen LogP contribution in [0.1, 0.15) is 0 Å². The Morgan fingerprint density at radius 2 is 2.38 bits per heavy atom. The molecule has 3 heteroatoms. The highest BCUT2D eigenvalue weighted by Crippen LogP contribution is 2.08. The number of hydrogen-bond donors (Lipinski definition) is 0. The van der Waals surface area contributed by atoms with Crippen molar-refractivity contribution in [2.24, 2.45) is 0 Å². The number of nitrogens with zero attached hydrogens (tertiary/aromatic N) is 3. The summed E-state index contributed by atoms with van der Waals surface area (Å²) in [5, 5.41) is 0. The van der Waals surface area contributed by atoms with Gasteiger partial charge in [-0.05, 0) is 19.1 Å². The van der Waals surface area contributed by atoms with Crippen LogP contribution in [0, 0.1) is 6.92 Å². The molecule has 0 bridgehead atoms. The van der Waals surface area contributed by atoms with Gasteiger partial charge in [0.2, 0.25) is 0 Å². The zero-order valence-corrected chi connectivity index (χ0v) is 7.22. The molecule has 0 unspecified atom stereocenters. The van der Waals surface area contributed by atoms with Crippen molar-refractivity contribution < 1.29 is 0 Å². The third-order valence-corrected chi connectivity index (χ3v) is 1.86. The predicted octanol–water partition coefficient (Wildman–Crippen LogP) is 1.82. The molecule has 2 rings (SSSR count). The highest BCUT2D eigenvalue weighted by molar-refractivity contribution is 5.70. The van der Waals surface area contributed by atoms with Crippen LogP contribution in [0.5, 0.6) is 0 Å². The molecule has 0 aliphatic rings. The molecule has 3 nitrogen and oxygen atoms in total. The standard InChI is InChI=1S/C10H10N3/c1-2-3-7-13-8-12-10-9(13)5-4-6-11-10/h2-6,8H,1,7H2. The van der Waals surface area contributed by atoms with Gasteiger partial charge in [-0.1, -0.05) is 12.2 Å². The molecule has 0 aliphatic heterocycles. The van der Waals surface area contributed by atoms with E-state index in [9.17, 15) is 0 Å². The van der Waals surface area contributed by atoms with Crippen LogP contribution >= 0.6 is 0 Å². The zero-order valence-electron chi connectivity index (χ0n) is 7.22. The van der Waals surface area contributed by atoms with Crippen molar-refractivity contribution in [3.8, 4) is 0 Å². The Morgan fingerprint density at radius 1 is 1.46 bits per heavy atom. The van der Waals surface area contributed by atoms with Crippen molar-refractivity contribution in [3.05, 3.63) is 43.7 Å². The van der Waals surface area contributed by atoms with Gasteiger partial charge in [-0.3, -0.25) is 0 Å². The summed E-state index contributed by atoms with van der Waals surface area (Å²) in [4.78, 5) is 8.31. The molecular weight excluding hydrogens is 162 g/mol. The lowest BCUT2D eigenvalue weighted by atomic mass is 10.4. The molecule has 13 heavy (non-hydrogen) atoms. The summed E-state index contributed by atoms with van der Waals surface area (Å²) in [5.74, 6) is 0. The van der Waals surface area contributed by atoms with E-state index in [1.54, 1.807) is 18.6 Å². The summed E-state index contributed by atoms with van der Waals surface area (Å²) in [6.07, 6.45) is 7.30. The average molecular weight is 172 g/mol. The van der Waals surface area contributed by atoms with Crippen LogP contribution in [0.25, 0.3) is 11.2 Å². The summed E-state index contributed by atoms with van der Waals surface area (Å²) in [7, 11) is 0. The second-order valence-electron chi connectivity index (χ2n) is 2.71. The molecule has 0 saturated carbocycles. The molecule has 2 aromatic rings. The Labute approximate surface area is 76.7 Å². The summed E-state index contributed by atoms with van der Waals surface area (Å²) in [5.41, 5.74) is 1.85. The van der Waals surface area contributed by atoms with E-state index in [1.165, 1.54) is 0 Å².